The van der Waals surface area contributed by atoms with E-state index in [-0.39, 0.29) is 41.6 Å². The molecule has 0 aromatic rings. The van der Waals surface area contributed by atoms with E-state index in [0.29, 0.717) is 31.3 Å². The van der Waals surface area contributed by atoms with Crippen molar-refractivity contribution in [1.82, 2.24) is 25.6 Å². The Kier molecular flexibility index (Phi) is 6.58. The Morgan fingerprint density at radius 3 is 2.50 bits per heavy atom. The number of nitrogens with zero attached hydrogens (tertiary/aromatic N) is 3. The van der Waals surface area contributed by atoms with Crippen LogP contribution in [0.1, 0.15) is 52.4 Å². The van der Waals surface area contributed by atoms with E-state index in [1.54, 1.807) is 6.92 Å². The Balaban J connectivity index is 1.29. The van der Waals surface area contributed by atoms with Gasteiger partial charge in [-0.2, -0.15) is 0 Å². The minimum atomic E-state index is -0.238. The van der Waals surface area contributed by atoms with E-state index < -0.39 is 0 Å². The number of hydrazine groups is 1. The number of hydrogen-bond donors (Lipinski definition) is 2. The lowest BCUT2D eigenvalue weighted by Gasteiger charge is -2.54. The van der Waals surface area contributed by atoms with Crippen LogP contribution in [0.2, 0.25) is 0 Å². The number of carbonyl (C=O) groups excluding carboxylic acids is 2. The van der Waals surface area contributed by atoms with E-state index in [4.69, 9.17) is 16.3 Å². The van der Waals surface area contributed by atoms with Crippen molar-refractivity contribution in [3.8, 4) is 0 Å². The van der Waals surface area contributed by atoms with Crippen molar-refractivity contribution in [2.75, 3.05) is 32.7 Å². The fourth-order valence-electron chi connectivity index (χ4n) is 6.59. The molecule has 0 radical (unpaired) electrons. The van der Waals surface area contributed by atoms with Crippen molar-refractivity contribution < 1.29 is 14.3 Å². The van der Waals surface area contributed by atoms with Gasteiger partial charge < -0.3 is 19.9 Å². The smallest absolute Gasteiger partial charge is 0.410 e. The fraction of sp³-hybridized carbons (Fsp3) is 0.913. The quantitative estimate of drug-likeness (QED) is 0.616. The summed E-state index contributed by atoms with van der Waals surface area (Å²) >= 11 is 6.28. The second kappa shape index (κ2) is 9.28. The Morgan fingerprint density at radius 1 is 0.969 bits per heavy atom. The summed E-state index contributed by atoms with van der Waals surface area (Å²) in [5.74, 6) is 1.29. The summed E-state index contributed by atoms with van der Waals surface area (Å²) in [6.07, 6.45) is 5.89. The van der Waals surface area contributed by atoms with Gasteiger partial charge in [-0.1, -0.05) is 0 Å². The highest BCUT2D eigenvalue weighted by atomic mass is 35.5. The average Bonchev–Trinajstić information content (AvgIpc) is 3.49. The molecule has 0 spiro atoms. The molecular formula is C23H38ClN5O3. The minimum absolute atomic E-state index is 0.00149. The zero-order valence-electron chi connectivity index (χ0n) is 19.3. The van der Waals surface area contributed by atoms with E-state index in [9.17, 15) is 9.59 Å². The molecule has 7 unspecified atom stereocenters. The van der Waals surface area contributed by atoms with Gasteiger partial charge in [-0.3, -0.25) is 10.2 Å². The lowest BCUT2D eigenvalue weighted by atomic mass is 9.73. The highest BCUT2D eigenvalue weighted by Gasteiger charge is 2.49. The molecule has 32 heavy (non-hydrogen) atoms. The molecule has 180 valence electrons. The standard InChI is InChI=1S/C23H38ClN5O3/c1-14-12-27(23(31)32-20-8-18(24)10-25-11-20)22-7-16(3-6-21(22)29(14)15(2)30)17-9-26-28(13-17)19-4-5-19/h14,16-22,25-26H,3-13H2,1-2H3. The Hall–Kier alpha value is -1.09. The molecule has 0 aromatic heterocycles. The molecule has 2 saturated carbocycles. The van der Waals surface area contributed by atoms with Gasteiger partial charge in [0.05, 0.1) is 12.1 Å². The Bertz CT molecular complexity index is 722. The summed E-state index contributed by atoms with van der Waals surface area (Å²) in [6.45, 7) is 7.79. The second-order valence-corrected chi connectivity index (χ2v) is 11.3. The molecule has 9 heteroatoms. The topological polar surface area (TPSA) is 77.2 Å². The van der Waals surface area contributed by atoms with Crippen LogP contribution in [0.15, 0.2) is 0 Å². The molecule has 5 aliphatic rings. The highest BCUT2D eigenvalue weighted by molar-refractivity contribution is 6.20. The van der Waals surface area contributed by atoms with E-state index in [0.717, 1.165) is 44.9 Å². The molecular weight excluding hydrogens is 430 g/mol. The molecule has 2 N–H and O–H groups in total. The first kappa shape index (κ1) is 22.7. The molecule has 2 amide bonds. The normalized spacial score (nSPS) is 40.8. The van der Waals surface area contributed by atoms with Crippen molar-refractivity contribution in [2.24, 2.45) is 11.8 Å². The van der Waals surface area contributed by atoms with Gasteiger partial charge in [0.25, 0.3) is 0 Å². The van der Waals surface area contributed by atoms with Crippen LogP contribution in [0.4, 0.5) is 4.79 Å². The number of piperazine rings is 1. The van der Waals surface area contributed by atoms with Crippen molar-refractivity contribution >= 4 is 23.6 Å². The maximum Gasteiger partial charge on any atom is 0.410 e. The SMILES string of the molecule is CC(=O)N1C(C)CN(C(=O)OC2CNCC(Cl)C2)C2CC(C3CNN(C4CC4)C3)CCC21. The first-order valence-corrected chi connectivity index (χ1v) is 13.0. The molecule has 0 aromatic carbocycles. The molecule has 7 atom stereocenters. The van der Waals surface area contributed by atoms with Crippen LogP contribution in [-0.4, -0.2) is 95.2 Å². The molecule has 3 aliphatic heterocycles. The average molecular weight is 468 g/mol. The van der Waals surface area contributed by atoms with Crippen LogP contribution in [0.5, 0.6) is 0 Å². The van der Waals surface area contributed by atoms with Crippen LogP contribution < -0.4 is 10.7 Å². The predicted molar refractivity (Wildman–Crippen MR) is 122 cm³/mol. The number of rotatable bonds is 3. The molecule has 3 saturated heterocycles. The van der Waals surface area contributed by atoms with Crippen LogP contribution in [0.25, 0.3) is 0 Å². The van der Waals surface area contributed by atoms with Gasteiger partial charge in [-0.05, 0) is 50.9 Å². The molecule has 3 heterocycles. The van der Waals surface area contributed by atoms with Gasteiger partial charge in [0.1, 0.15) is 6.10 Å². The number of nitrogens with one attached hydrogen (secondary N) is 2. The zero-order valence-corrected chi connectivity index (χ0v) is 20.1. The number of halogens is 1. The third kappa shape index (κ3) is 4.61. The summed E-state index contributed by atoms with van der Waals surface area (Å²) in [5, 5.41) is 5.68. The largest absolute Gasteiger partial charge is 0.445 e. The number of alkyl halides is 1. The third-order valence-electron chi connectivity index (χ3n) is 8.28. The van der Waals surface area contributed by atoms with Gasteiger partial charge in [0.2, 0.25) is 5.91 Å². The second-order valence-electron chi connectivity index (χ2n) is 10.6. The van der Waals surface area contributed by atoms with Crippen LogP contribution in [-0.2, 0) is 9.53 Å². The maximum absolute atomic E-state index is 13.3. The van der Waals surface area contributed by atoms with Gasteiger partial charge in [0, 0.05) is 63.5 Å². The van der Waals surface area contributed by atoms with Crippen LogP contribution in [0.3, 0.4) is 0 Å². The Labute approximate surface area is 196 Å². The molecule has 5 fully saturated rings. The number of piperidine rings is 1. The fourth-order valence-corrected chi connectivity index (χ4v) is 6.90. The lowest BCUT2D eigenvalue weighted by Crippen LogP contribution is -2.67. The van der Waals surface area contributed by atoms with Crippen molar-refractivity contribution in [1.29, 1.82) is 0 Å². The molecule has 0 bridgehead atoms. The molecule has 8 nitrogen and oxygen atoms in total. The number of ether oxygens (including phenoxy) is 1. The number of amides is 2. The summed E-state index contributed by atoms with van der Waals surface area (Å²) in [5.41, 5.74) is 3.61. The third-order valence-corrected chi connectivity index (χ3v) is 8.61. The van der Waals surface area contributed by atoms with Gasteiger partial charge in [-0.25, -0.2) is 9.80 Å². The van der Waals surface area contributed by atoms with Crippen LogP contribution in [0, 0.1) is 11.8 Å². The molecule has 5 rings (SSSR count). The maximum atomic E-state index is 13.3. The summed E-state index contributed by atoms with van der Waals surface area (Å²) in [4.78, 5) is 29.8. The van der Waals surface area contributed by atoms with E-state index in [1.807, 2.05) is 9.80 Å². The van der Waals surface area contributed by atoms with Gasteiger partial charge in [0.15, 0.2) is 0 Å². The number of hydrogen-bond acceptors (Lipinski definition) is 6. The van der Waals surface area contributed by atoms with Crippen molar-refractivity contribution in [3.63, 3.8) is 0 Å². The summed E-state index contributed by atoms with van der Waals surface area (Å²) < 4.78 is 5.93. The van der Waals surface area contributed by atoms with E-state index in [2.05, 4.69) is 22.7 Å². The zero-order chi connectivity index (χ0) is 22.4. The highest BCUT2D eigenvalue weighted by Crippen LogP contribution is 2.41. The number of fused-ring (bicyclic) bond motifs is 1. The van der Waals surface area contributed by atoms with Crippen LogP contribution >= 0.6 is 11.6 Å². The Morgan fingerprint density at radius 2 is 1.78 bits per heavy atom. The number of carbonyl (C=O) groups is 2. The van der Waals surface area contributed by atoms with Gasteiger partial charge in [-0.15, -0.1) is 11.6 Å². The van der Waals surface area contributed by atoms with E-state index >= 15 is 0 Å². The predicted octanol–water partition coefficient (Wildman–Crippen LogP) is 1.78. The molecule has 2 aliphatic carbocycles. The van der Waals surface area contributed by atoms with Crippen molar-refractivity contribution in [2.45, 2.75) is 88.0 Å². The van der Waals surface area contributed by atoms with E-state index in [1.165, 1.54) is 12.8 Å². The van der Waals surface area contributed by atoms with Crippen molar-refractivity contribution in [3.05, 3.63) is 0 Å². The summed E-state index contributed by atoms with van der Waals surface area (Å²) in [6, 6.07) is 0.835. The lowest BCUT2D eigenvalue weighted by molar-refractivity contribution is -0.142. The minimum Gasteiger partial charge on any atom is -0.445 e. The summed E-state index contributed by atoms with van der Waals surface area (Å²) in [7, 11) is 0. The first-order valence-electron chi connectivity index (χ1n) is 12.5. The monoisotopic (exact) mass is 467 g/mol. The first-order chi connectivity index (χ1) is 15.4. The van der Waals surface area contributed by atoms with Gasteiger partial charge >= 0.3 is 6.09 Å².